The van der Waals surface area contributed by atoms with Crippen LogP contribution in [0, 0.1) is 0 Å². The Labute approximate surface area is 132 Å². The number of halogens is 3. The number of nitrogens with zero attached hydrogens (tertiary/aromatic N) is 1. The molecule has 0 atom stereocenters. The first-order valence-corrected chi connectivity index (χ1v) is 6.94. The van der Waals surface area contributed by atoms with E-state index in [4.69, 9.17) is 0 Å². The highest BCUT2D eigenvalue weighted by atomic mass is 19.4. The van der Waals surface area contributed by atoms with Crippen molar-refractivity contribution >= 4 is 17.5 Å². The van der Waals surface area contributed by atoms with Crippen LogP contribution in [0.2, 0.25) is 0 Å². The molecular weight excluding hydrogens is 313 g/mol. The smallest absolute Gasteiger partial charge is 0.381 e. The van der Waals surface area contributed by atoms with Crippen molar-refractivity contribution in [2.45, 2.75) is 39.1 Å². The maximum absolute atomic E-state index is 12.5. The van der Waals surface area contributed by atoms with E-state index >= 15 is 0 Å². The minimum Gasteiger partial charge on any atom is -0.381 e. The minimum atomic E-state index is -4.93. The summed E-state index contributed by atoms with van der Waals surface area (Å²) in [6, 6.07) is 6.08. The van der Waals surface area contributed by atoms with Crippen molar-refractivity contribution in [3.8, 4) is 0 Å². The van der Waals surface area contributed by atoms with Crippen molar-refractivity contribution in [3.63, 3.8) is 0 Å². The van der Waals surface area contributed by atoms with Gasteiger partial charge in [0.25, 0.3) is 5.91 Å². The lowest BCUT2D eigenvalue weighted by atomic mass is 10.1. The predicted molar refractivity (Wildman–Crippen MR) is 78.5 cm³/mol. The fourth-order valence-corrected chi connectivity index (χ4v) is 1.76. The second-order valence-electron chi connectivity index (χ2n) is 5.53. The van der Waals surface area contributed by atoms with Crippen molar-refractivity contribution in [1.29, 1.82) is 0 Å². The van der Waals surface area contributed by atoms with Crippen molar-refractivity contribution in [2.24, 2.45) is 0 Å². The summed E-state index contributed by atoms with van der Waals surface area (Å²) in [7, 11) is 0. The van der Waals surface area contributed by atoms with Gasteiger partial charge in [-0.3, -0.25) is 9.59 Å². The molecule has 1 rings (SSSR count). The summed E-state index contributed by atoms with van der Waals surface area (Å²) in [5.74, 6) is -2.56. The molecule has 0 unspecified atom stereocenters. The molecule has 0 heterocycles. The molecule has 0 saturated carbocycles. The second-order valence-corrected chi connectivity index (χ2v) is 5.53. The number of hydrogen-bond donors (Lipinski definition) is 2. The van der Waals surface area contributed by atoms with E-state index in [0.717, 1.165) is 0 Å². The van der Waals surface area contributed by atoms with Crippen LogP contribution < -0.4 is 5.32 Å². The Morgan fingerprint density at radius 2 is 1.87 bits per heavy atom. The molecule has 0 radical (unpaired) electrons. The molecule has 0 bridgehead atoms. The van der Waals surface area contributed by atoms with Gasteiger partial charge in [-0.1, -0.05) is 12.1 Å². The van der Waals surface area contributed by atoms with E-state index in [1.165, 1.54) is 32.9 Å². The first-order chi connectivity index (χ1) is 10.4. The monoisotopic (exact) mass is 332 g/mol. The SMILES string of the molecule is CCN(Cc1cccc(NC(=O)C(C)(C)O)c1)C(=O)C(F)(F)F. The van der Waals surface area contributed by atoms with Gasteiger partial charge in [-0.05, 0) is 38.5 Å². The highest BCUT2D eigenvalue weighted by molar-refractivity contribution is 5.96. The van der Waals surface area contributed by atoms with Crippen molar-refractivity contribution in [1.82, 2.24) is 4.90 Å². The maximum Gasteiger partial charge on any atom is 0.471 e. The predicted octanol–water partition coefficient (Wildman–Crippen LogP) is 2.31. The van der Waals surface area contributed by atoms with Gasteiger partial charge in [0.15, 0.2) is 0 Å². The van der Waals surface area contributed by atoms with Gasteiger partial charge in [-0.25, -0.2) is 0 Å². The quantitative estimate of drug-likeness (QED) is 0.869. The van der Waals surface area contributed by atoms with Gasteiger partial charge < -0.3 is 15.3 Å². The summed E-state index contributed by atoms with van der Waals surface area (Å²) in [5, 5.41) is 12.0. The van der Waals surface area contributed by atoms with Crippen molar-refractivity contribution in [3.05, 3.63) is 29.8 Å². The number of hydrogen-bond acceptors (Lipinski definition) is 3. The number of amides is 2. The number of rotatable bonds is 5. The number of nitrogens with one attached hydrogen (secondary N) is 1. The molecule has 1 aromatic carbocycles. The summed E-state index contributed by atoms with van der Waals surface area (Å²) >= 11 is 0. The molecule has 5 nitrogen and oxygen atoms in total. The van der Waals surface area contributed by atoms with Crippen LogP contribution in [0.4, 0.5) is 18.9 Å². The molecule has 0 fully saturated rings. The van der Waals surface area contributed by atoms with Gasteiger partial charge in [0.2, 0.25) is 0 Å². The zero-order valence-electron chi connectivity index (χ0n) is 13.1. The normalized spacial score (nSPS) is 12.0. The lowest BCUT2D eigenvalue weighted by molar-refractivity contribution is -0.185. The first kappa shape index (κ1) is 19.0. The molecule has 0 spiro atoms. The van der Waals surface area contributed by atoms with E-state index in [0.29, 0.717) is 16.2 Å². The zero-order valence-corrected chi connectivity index (χ0v) is 13.1. The molecule has 0 aliphatic carbocycles. The van der Waals surface area contributed by atoms with Crippen molar-refractivity contribution < 1.29 is 27.9 Å². The van der Waals surface area contributed by atoms with E-state index < -0.39 is 23.6 Å². The molecule has 0 aromatic heterocycles. The van der Waals surface area contributed by atoms with Crippen LogP contribution >= 0.6 is 0 Å². The standard InChI is InChI=1S/C15H19F3N2O3/c1-4-20(13(22)15(16,17)18)9-10-6-5-7-11(8-10)19-12(21)14(2,3)23/h5-8,23H,4,9H2,1-3H3,(H,19,21). The summed E-state index contributed by atoms with van der Waals surface area (Å²) in [6.07, 6.45) is -4.93. The Balaban J connectivity index is 2.88. The third-order valence-electron chi connectivity index (χ3n) is 3.03. The first-order valence-electron chi connectivity index (χ1n) is 6.94. The number of aliphatic hydroxyl groups is 1. The third kappa shape index (κ3) is 5.55. The lowest BCUT2D eigenvalue weighted by Gasteiger charge is -2.22. The number of carbonyl (C=O) groups is 2. The molecule has 128 valence electrons. The molecule has 0 aliphatic rings. The van der Waals surface area contributed by atoms with E-state index in [1.54, 1.807) is 12.1 Å². The Bertz CT molecular complexity index is 580. The van der Waals surface area contributed by atoms with E-state index in [2.05, 4.69) is 5.32 Å². The van der Waals surface area contributed by atoms with Crippen LogP contribution in [0.3, 0.4) is 0 Å². The maximum atomic E-state index is 12.5. The third-order valence-corrected chi connectivity index (χ3v) is 3.03. The largest absolute Gasteiger partial charge is 0.471 e. The average molecular weight is 332 g/mol. The minimum absolute atomic E-state index is 0.0986. The molecule has 0 aliphatic heterocycles. The van der Waals surface area contributed by atoms with Crippen LogP contribution in [-0.4, -0.2) is 40.1 Å². The summed E-state index contributed by atoms with van der Waals surface area (Å²) in [4.78, 5) is 23.6. The molecule has 0 saturated heterocycles. The summed E-state index contributed by atoms with van der Waals surface area (Å²) in [5.41, 5.74) is -0.833. The van der Waals surface area contributed by atoms with Crippen molar-refractivity contribution in [2.75, 3.05) is 11.9 Å². The van der Waals surface area contributed by atoms with Crippen LogP contribution in [0.5, 0.6) is 0 Å². The molecule has 2 amide bonds. The number of benzene rings is 1. The molecule has 2 N–H and O–H groups in total. The van der Waals surface area contributed by atoms with Gasteiger partial charge in [0.05, 0.1) is 0 Å². The topological polar surface area (TPSA) is 69.6 Å². The number of carbonyl (C=O) groups excluding carboxylic acids is 2. The van der Waals surface area contributed by atoms with Gasteiger partial charge in [0.1, 0.15) is 5.60 Å². The Morgan fingerprint density at radius 1 is 1.26 bits per heavy atom. The van der Waals surface area contributed by atoms with Gasteiger partial charge in [0, 0.05) is 18.8 Å². The molecule has 1 aromatic rings. The van der Waals surface area contributed by atoms with Gasteiger partial charge >= 0.3 is 12.1 Å². The zero-order chi connectivity index (χ0) is 17.8. The molecule has 8 heteroatoms. The highest BCUT2D eigenvalue weighted by Gasteiger charge is 2.41. The molecular formula is C15H19F3N2O3. The average Bonchev–Trinajstić information content (AvgIpc) is 2.42. The summed E-state index contributed by atoms with van der Waals surface area (Å²) < 4.78 is 37.5. The van der Waals surface area contributed by atoms with E-state index in [1.807, 2.05) is 0 Å². The fourth-order valence-electron chi connectivity index (χ4n) is 1.76. The Morgan fingerprint density at radius 3 is 2.35 bits per heavy atom. The van der Waals surface area contributed by atoms with E-state index in [-0.39, 0.29) is 13.1 Å². The van der Waals surface area contributed by atoms with Crippen LogP contribution in [0.1, 0.15) is 26.3 Å². The van der Waals surface area contributed by atoms with Gasteiger partial charge in [-0.2, -0.15) is 13.2 Å². The number of alkyl halides is 3. The number of anilines is 1. The van der Waals surface area contributed by atoms with Gasteiger partial charge in [-0.15, -0.1) is 0 Å². The highest BCUT2D eigenvalue weighted by Crippen LogP contribution is 2.21. The fraction of sp³-hybridized carbons (Fsp3) is 0.467. The summed E-state index contributed by atoms with van der Waals surface area (Å²) in [6.45, 7) is 3.74. The Hall–Kier alpha value is -2.09. The molecule has 23 heavy (non-hydrogen) atoms. The van der Waals surface area contributed by atoms with Crippen LogP contribution in [0.25, 0.3) is 0 Å². The van der Waals surface area contributed by atoms with Crippen LogP contribution in [0.15, 0.2) is 24.3 Å². The van der Waals surface area contributed by atoms with E-state index in [9.17, 15) is 27.9 Å². The Kier molecular flexibility index (Phi) is 5.76. The second kappa shape index (κ2) is 6.99. The lowest BCUT2D eigenvalue weighted by Crippen LogP contribution is -2.40. The van der Waals surface area contributed by atoms with Crippen LogP contribution in [-0.2, 0) is 16.1 Å².